The van der Waals surface area contributed by atoms with Gasteiger partial charge in [0.1, 0.15) is 6.61 Å². The number of imidazole rings is 1. The van der Waals surface area contributed by atoms with Crippen LogP contribution in [0.25, 0.3) is 0 Å². The maximum Gasteiger partial charge on any atom is 0.306 e. The van der Waals surface area contributed by atoms with Crippen LogP contribution in [-0.4, -0.2) is 28.5 Å². The Bertz CT molecular complexity index is 737. The van der Waals surface area contributed by atoms with Crippen LogP contribution in [0.5, 0.6) is 0 Å². The topological polar surface area (TPSA) is 81.3 Å². The second kappa shape index (κ2) is 30.2. The second-order valence-electron chi connectivity index (χ2n) is 12.6. The zero-order chi connectivity index (χ0) is 31.1. The molecule has 1 heterocycles. The number of rotatable bonds is 32. The number of H-pyrrole nitrogens is 1. The Morgan fingerprint density at radius 3 is 1.33 bits per heavy atom. The second-order valence-corrected chi connectivity index (χ2v) is 12.6. The number of aromatic nitrogens is 2. The molecule has 6 heteroatoms. The highest BCUT2D eigenvalue weighted by Crippen LogP contribution is 2.18. The number of esters is 2. The minimum Gasteiger partial charge on any atom is -0.461 e. The molecule has 0 radical (unpaired) electrons. The first-order valence-electron chi connectivity index (χ1n) is 18.5. The average molecular weight is 605 g/mol. The molecule has 1 aromatic rings. The van der Waals surface area contributed by atoms with E-state index >= 15 is 0 Å². The fraction of sp³-hybridized carbons (Fsp3) is 0.865. The van der Waals surface area contributed by atoms with Crippen LogP contribution in [0.3, 0.4) is 0 Å². The van der Waals surface area contributed by atoms with Gasteiger partial charge in [-0.3, -0.25) is 9.59 Å². The zero-order valence-corrected chi connectivity index (χ0v) is 28.3. The maximum absolute atomic E-state index is 12.5. The van der Waals surface area contributed by atoms with Gasteiger partial charge in [0.2, 0.25) is 0 Å². The van der Waals surface area contributed by atoms with E-state index in [0.29, 0.717) is 18.7 Å². The van der Waals surface area contributed by atoms with Crippen LogP contribution in [-0.2, 0) is 19.1 Å². The number of carbonyl (C=O) groups is 2. The summed E-state index contributed by atoms with van der Waals surface area (Å²) in [6.45, 7) is 4.54. The number of nitrogens with one attached hydrogen (secondary N) is 1. The van der Waals surface area contributed by atoms with E-state index in [-0.39, 0.29) is 18.5 Å². The summed E-state index contributed by atoms with van der Waals surface area (Å²) in [5, 5.41) is 0. The standard InChI is InChI=1S/C37H68N2O4/c1-3-5-7-9-11-13-15-17-19-21-23-25-27-29-35(40)42-33-34(37-38-31-32-39-37)43-36(41)30-28-26-24-22-20-18-16-14-12-10-8-6-4-2/h31-32,34H,3-30,33H2,1-2H3,(H,38,39). The minimum absolute atomic E-state index is 0.00906. The minimum atomic E-state index is -0.680. The Balaban J connectivity index is 2.05. The molecule has 43 heavy (non-hydrogen) atoms. The summed E-state index contributed by atoms with van der Waals surface area (Å²) in [7, 11) is 0. The smallest absolute Gasteiger partial charge is 0.306 e. The molecule has 0 saturated carbocycles. The van der Waals surface area contributed by atoms with E-state index in [2.05, 4.69) is 23.8 Å². The Labute approximate surface area is 265 Å². The van der Waals surface area contributed by atoms with Crippen LogP contribution in [0.15, 0.2) is 12.4 Å². The van der Waals surface area contributed by atoms with Crippen molar-refractivity contribution in [1.29, 1.82) is 0 Å². The van der Waals surface area contributed by atoms with Crippen LogP contribution in [0, 0.1) is 0 Å². The SMILES string of the molecule is CCCCCCCCCCCCCCCC(=O)OCC(OC(=O)CCCCCCCCCCCCCCC)c1ncc[nH]1. The molecule has 0 spiro atoms. The van der Waals surface area contributed by atoms with Crippen LogP contribution in [0.4, 0.5) is 0 Å². The first kappa shape index (κ1) is 39.2. The summed E-state index contributed by atoms with van der Waals surface area (Å²) in [5.41, 5.74) is 0. The molecule has 0 aliphatic heterocycles. The van der Waals surface area contributed by atoms with Gasteiger partial charge in [-0.05, 0) is 12.8 Å². The summed E-state index contributed by atoms with van der Waals surface area (Å²) in [6.07, 6.45) is 36.6. The summed E-state index contributed by atoms with van der Waals surface area (Å²) in [5.74, 6) is 0.0386. The molecule has 0 aliphatic rings. The number of unbranched alkanes of at least 4 members (excludes halogenated alkanes) is 24. The predicted molar refractivity (Wildman–Crippen MR) is 179 cm³/mol. The molecule has 0 fully saturated rings. The summed E-state index contributed by atoms with van der Waals surface area (Å²) >= 11 is 0. The third kappa shape index (κ3) is 25.2. The lowest BCUT2D eigenvalue weighted by atomic mass is 10.0. The van der Waals surface area contributed by atoms with Crippen molar-refractivity contribution in [2.24, 2.45) is 0 Å². The Hall–Kier alpha value is -1.85. The Kier molecular flexibility index (Phi) is 27.5. The molecule has 0 saturated heterocycles. The normalized spacial score (nSPS) is 12.0. The van der Waals surface area contributed by atoms with E-state index in [0.717, 1.165) is 25.7 Å². The van der Waals surface area contributed by atoms with Gasteiger partial charge in [-0.1, -0.05) is 168 Å². The molecule has 1 rings (SSSR count). The van der Waals surface area contributed by atoms with E-state index in [1.165, 1.54) is 141 Å². The third-order valence-electron chi connectivity index (χ3n) is 8.46. The van der Waals surface area contributed by atoms with Gasteiger partial charge in [0.25, 0.3) is 0 Å². The van der Waals surface area contributed by atoms with Gasteiger partial charge in [-0.2, -0.15) is 0 Å². The van der Waals surface area contributed by atoms with Gasteiger partial charge >= 0.3 is 11.9 Å². The van der Waals surface area contributed by atoms with Crippen molar-refractivity contribution < 1.29 is 19.1 Å². The van der Waals surface area contributed by atoms with Gasteiger partial charge in [0.05, 0.1) is 0 Å². The fourth-order valence-electron chi connectivity index (χ4n) is 5.65. The number of nitrogens with zero attached hydrogens (tertiary/aromatic N) is 1. The molecule has 1 aromatic heterocycles. The number of hydrogen-bond acceptors (Lipinski definition) is 5. The van der Waals surface area contributed by atoms with Crippen molar-refractivity contribution in [2.45, 2.75) is 200 Å². The fourth-order valence-corrected chi connectivity index (χ4v) is 5.65. The maximum atomic E-state index is 12.5. The number of aromatic amines is 1. The lowest BCUT2D eigenvalue weighted by Crippen LogP contribution is -2.20. The summed E-state index contributed by atoms with van der Waals surface area (Å²) in [4.78, 5) is 32.1. The quantitative estimate of drug-likeness (QED) is 0.0653. The van der Waals surface area contributed by atoms with Gasteiger partial charge in [-0.15, -0.1) is 0 Å². The van der Waals surface area contributed by atoms with Gasteiger partial charge in [0.15, 0.2) is 11.9 Å². The van der Waals surface area contributed by atoms with Gasteiger partial charge in [0, 0.05) is 25.2 Å². The van der Waals surface area contributed by atoms with Crippen molar-refractivity contribution in [3.8, 4) is 0 Å². The summed E-state index contributed by atoms with van der Waals surface area (Å²) in [6, 6.07) is 0. The van der Waals surface area contributed by atoms with Crippen molar-refractivity contribution in [1.82, 2.24) is 9.97 Å². The van der Waals surface area contributed by atoms with Gasteiger partial charge in [-0.25, -0.2) is 4.98 Å². The van der Waals surface area contributed by atoms with Gasteiger partial charge < -0.3 is 14.5 Å². The highest BCUT2D eigenvalue weighted by molar-refractivity contribution is 5.70. The molecule has 0 aromatic carbocycles. The number of ether oxygens (including phenoxy) is 2. The van der Waals surface area contributed by atoms with Crippen LogP contribution < -0.4 is 0 Å². The molecule has 1 N–H and O–H groups in total. The van der Waals surface area contributed by atoms with E-state index in [1.807, 2.05) is 0 Å². The lowest BCUT2D eigenvalue weighted by molar-refractivity contribution is -0.160. The molecule has 0 bridgehead atoms. The van der Waals surface area contributed by atoms with Crippen LogP contribution >= 0.6 is 0 Å². The monoisotopic (exact) mass is 605 g/mol. The van der Waals surface area contributed by atoms with E-state index in [1.54, 1.807) is 12.4 Å². The molecule has 6 nitrogen and oxygen atoms in total. The van der Waals surface area contributed by atoms with Crippen LogP contribution in [0.1, 0.15) is 206 Å². The van der Waals surface area contributed by atoms with Crippen molar-refractivity contribution in [3.63, 3.8) is 0 Å². The largest absolute Gasteiger partial charge is 0.461 e. The molecular formula is C37H68N2O4. The summed E-state index contributed by atoms with van der Waals surface area (Å²) < 4.78 is 11.1. The molecule has 250 valence electrons. The van der Waals surface area contributed by atoms with Crippen molar-refractivity contribution >= 4 is 11.9 Å². The molecule has 1 atom stereocenters. The molecular weight excluding hydrogens is 536 g/mol. The molecule has 1 unspecified atom stereocenters. The van der Waals surface area contributed by atoms with E-state index in [9.17, 15) is 9.59 Å². The highest BCUT2D eigenvalue weighted by atomic mass is 16.6. The third-order valence-corrected chi connectivity index (χ3v) is 8.46. The van der Waals surface area contributed by atoms with Crippen molar-refractivity contribution in [3.05, 3.63) is 18.2 Å². The Morgan fingerprint density at radius 2 is 0.953 bits per heavy atom. The predicted octanol–water partition coefficient (Wildman–Crippen LogP) is 11.5. The first-order chi connectivity index (χ1) is 21.2. The van der Waals surface area contributed by atoms with Crippen LogP contribution in [0.2, 0.25) is 0 Å². The highest BCUT2D eigenvalue weighted by Gasteiger charge is 2.21. The molecule has 0 amide bonds. The number of carbonyl (C=O) groups excluding carboxylic acids is 2. The first-order valence-corrected chi connectivity index (χ1v) is 18.5. The van der Waals surface area contributed by atoms with Crippen molar-refractivity contribution in [2.75, 3.05) is 6.61 Å². The van der Waals surface area contributed by atoms with E-state index < -0.39 is 6.10 Å². The average Bonchev–Trinajstić information content (AvgIpc) is 3.55. The lowest BCUT2D eigenvalue weighted by Gasteiger charge is -2.16. The zero-order valence-electron chi connectivity index (χ0n) is 28.3. The number of hydrogen-bond donors (Lipinski definition) is 1. The molecule has 0 aliphatic carbocycles. The Morgan fingerprint density at radius 1 is 0.581 bits per heavy atom. The van der Waals surface area contributed by atoms with E-state index in [4.69, 9.17) is 9.47 Å².